The van der Waals surface area contributed by atoms with Crippen molar-refractivity contribution in [2.24, 2.45) is 0 Å². The van der Waals surface area contributed by atoms with Crippen LogP contribution in [0.2, 0.25) is 0 Å². The summed E-state index contributed by atoms with van der Waals surface area (Å²) in [5.41, 5.74) is 2.91. The monoisotopic (exact) mass is 235 g/mol. The van der Waals surface area contributed by atoms with E-state index in [0.717, 1.165) is 16.7 Å². The van der Waals surface area contributed by atoms with Crippen molar-refractivity contribution in [3.8, 4) is 0 Å². The normalized spacial score (nSPS) is 14.4. The van der Waals surface area contributed by atoms with E-state index < -0.39 is 6.10 Å². The van der Waals surface area contributed by atoms with Gasteiger partial charge in [0.15, 0.2) is 5.78 Å². The number of ketones is 1. The molecule has 94 valence electrons. The van der Waals surface area contributed by atoms with Gasteiger partial charge >= 0.3 is 0 Å². The number of nitrogens with one attached hydrogen (secondary N) is 1. The molecule has 1 rings (SSSR count). The summed E-state index contributed by atoms with van der Waals surface area (Å²) >= 11 is 0. The molecular weight excluding hydrogens is 214 g/mol. The maximum Gasteiger partial charge on any atom is 0.179 e. The van der Waals surface area contributed by atoms with Crippen LogP contribution in [-0.2, 0) is 0 Å². The molecule has 0 aliphatic heterocycles. The number of rotatable bonds is 5. The second kappa shape index (κ2) is 5.94. The van der Waals surface area contributed by atoms with E-state index in [2.05, 4.69) is 5.32 Å². The van der Waals surface area contributed by atoms with E-state index in [1.807, 2.05) is 39.0 Å². The molecule has 3 nitrogen and oxygen atoms in total. The van der Waals surface area contributed by atoms with Crippen molar-refractivity contribution >= 4 is 5.78 Å². The summed E-state index contributed by atoms with van der Waals surface area (Å²) in [6.45, 7) is 7.90. The molecule has 0 aliphatic rings. The van der Waals surface area contributed by atoms with Crippen LogP contribution in [0.15, 0.2) is 18.2 Å². The molecule has 0 spiro atoms. The SMILES string of the molecule is Cc1ccc(C(=O)C(C)NCC(C)O)c(C)c1. The average Bonchev–Trinajstić information content (AvgIpc) is 2.25. The van der Waals surface area contributed by atoms with E-state index >= 15 is 0 Å². The third kappa shape index (κ3) is 3.95. The molecule has 1 aromatic carbocycles. The molecule has 0 saturated heterocycles. The van der Waals surface area contributed by atoms with E-state index in [0.29, 0.717) is 6.54 Å². The average molecular weight is 235 g/mol. The molecule has 0 fully saturated rings. The standard InChI is InChI=1S/C14H21NO2/c1-9-5-6-13(10(2)7-9)14(17)12(4)15-8-11(3)16/h5-7,11-12,15-16H,8H2,1-4H3. The zero-order chi connectivity index (χ0) is 13.0. The molecule has 0 aliphatic carbocycles. The minimum Gasteiger partial charge on any atom is -0.392 e. The van der Waals surface area contributed by atoms with Crippen molar-refractivity contribution in [1.82, 2.24) is 5.32 Å². The number of hydrogen-bond acceptors (Lipinski definition) is 3. The van der Waals surface area contributed by atoms with Gasteiger partial charge in [-0.25, -0.2) is 0 Å². The predicted molar refractivity (Wildman–Crippen MR) is 69.4 cm³/mol. The van der Waals surface area contributed by atoms with Crippen LogP contribution in [0.3, 0.4) is 0 Å². The van der Waals surface area contributed by atoms with Crippen molar-refractivity contribution in [1.29, 1.82) is 0 Å². The van der Waals surface area contributed by atoms with Crippen LogP contribution in [0, 0.1) is 13.8 Å². The fourth-order valence-electron chi connectivity index (χ4n) is 1.76. The maximum atomic E-state index is 12.1. The van der Waals surface area contributed by atoms with Gasteiger partial charge in [0, 0.05) is 12.1 Å². The Morgan fingerprint density at radius 1 is 1.35 bits per heavy atom. The highest BCUT2D eigenvalue weighted by molar-refractivity contribution is 6.01. The molecule has 0 bridgehead atoms. The number of aryl methyl sites for hydroxylation is 2. The van der Waals surface area contributed by atoms with Gasteiger partial charge in [0.2, 0.25) is 0 Å². The number of aliphatic hydroxyl groups excluding tert-OH is 1. The molecule has 1 aromatic rings. The summed E-state index contributed by atoms with van der Waals surface area (Å²) in [6.07, 6.45) is -0.440. The van der Waals surface area contributed by atoms with E-state index in [1.54, 1.807) is 6.92 Å². The lowest BCUT2D eigenvalue weighted by atomic mass is 9.98. The zero-order valence-electron chi connectivity index (χ0n) is 10.9. The lowest BCUT2D eigenvalue weighted by Gasteiger charge is -2.15. The first-order valence-electron chi connectivity index (χ1n) is 5.94. The molecule has 17 heavy (non-hydrogen) atoms. The third-order valence-corrected chi connectivity index (χ3v) is 2.76. The van der Waals surface area contributed by atoms with Crippen molar-refractivity contribution < 1.29 is 9.90 Å². The summed E-state index contributed by atoms with van der Waals surface area (Å²) < 4.78 is 0. The Kier molecular flexibility index (Phi) is 4.85. The number of carbonyl (C=O) groups is 1. The van der Waals surface area contributed by atoms with Crippen LogP contribution in [0.5, 0.6) is 0 Å². The van der Waals surface area contributed by atoms with Gasteiger partial charge in [0.05, 0.1) is 12.1 Å². The number of aliphatic hydroxyl groups is 1. The van der Waals surface area contributed by atoms with Crippen molar-refractivity contribution in [3.63, 3.8) is 0 Å². The van der Waals surface area contributed by atoms with Gasteiger partial charge in [0.1, 0.15) is 0 Å². The van der Waals surface area contributed by atoms with E-state index in [-0.39, 0.29) is 11.8 Å². The van der Waals surface area contributed by atoms with E-state index in [4.69, 9.17) is 0 Å². The van der Waals surface area contributed by atoms with Crippen LogP contribution >= 0.6 is 0 Å². The molecule has 2 unspecified atom stereocenters. The molecule has 2 N–H and O–H groups in total. The van der Waals surface area contributed by atoms with Crippen molar-refractivity contribution in [2.75, 3.05) is 6.54 Å². The lowest BCUT2D eigenvalue weighted by Crippen LogP contribution is -2.38. The second-order valence-corrected chi connectivity index (χ2v) is 4.66. The number of Topliss-reactive ketones (excluding diaryl/α,β-unsaturated/α-hetero) is 1. The van der Waals surface area contributed by atoms with Crippen LogP contribution in [0.25, 0.3) is 0 Å². The molecule has 0 amide bonds. The minimum absolute atomic E-state index is 0.0724. The summed E-state index contributed by atoms with van der Waals surface area (Å²) in [5, 5.41) is 12.2. The Labute approximate surface area is 103 Å². The van der Waals surface area contributed by atoms with Gasteiger partial charge in [-0.05, 0) is 33.3 Å². The highest BCUT2D eigenvalue weighted by Gasteiger charge is 2.16. The van der Waals surface area contributed by atoms with Gasteiger partial charge in [-0.2, -0.15) is 0 Å². The van der Waals surface area contributed by atoms with Crippen molar-refractivity contribution in [3.05, 3.63) is 34.9 Å². The largest absolute Gasteiger partial charge is 0.392 e. The van der Waals surface area contributed by atoms with Crippen LogP contribution < -0.4 is 5.32 Å². The summed E-state index contributed by atoms with van der Waals surface area (Å²) in [4.78, 5) is 12.1. The predicted octanol–water partition coefficient (Wildman–Crippen LogP) is 1.85. The number of carbonyl (C=O) groups excluding carboxylic acids is 1. The molecule has 0 saturated carbocycles. The number of hydrogen-bond donors (Lipinski definition) is 2. The quantitative estimate of drug-likeness (QED) is 0.766. The fourth-order valence-corrected chi connectivity index (χ4v) is 1.76. The zero-order valence-corrected chi connectivity index (χ0v) is 10.9. The Morgan fingerprint density at radius 2 is 2.00 bits per heavy atom. The second-order valence-electron chi connectivity index (χ2n) is 4.66. The molecule has 3 heteroatoms. The minimum atomic E-state index is -0.440. The molecule has 0 aromatic heterocycles. The first-order valence-corrected chi connectivity index (χ1v) is 5.94. The van der Waals surface area contributed by atoms with Gasteiger partial charge in [0.25, 0.3) is 0 Å². The van der Waals surface area contributed by atoms with Crippen LogP contribution in [0.4, 0.5) is 0 Å². The van der Waals surface area contributed by atoms with E-state index in [9.17, 15) is 9.90 Å². The smallest absolute Gasteiger partial charge is 0.179 e. The van der Waals surface area contributed by atoms with Crippen LogP contribution in [0.1, 0.15) is 35.3 Å². The Balaban J connectivity index is 2.75. The van der Waals surface area contributed by atoms with Crippen LogP contribution in [-0.4, -0.2) is 29.6 Å². The Bertz CT molecular complexity index is 399. The first-order chi connectivity index (χ1) is 7.91. The highest BCUT2D eigenvalue weighted by atomic mass is 16.3. The molecule has 2 atom stereocenters. The molecular formula is C14H21NO2. The Hall–Kier alpha value is -1.19. The van der Waals surface area contributed by atoms with Gasteiger partial charge < -0.3 is 10.4 Å². The van der Waals surface area contributed by atoms with Gasteiger partial charge in [-0.15, -0.1) is 0 Å². The van der Waals surface area contributed by atoms with Gasteiger partial charge in [-0.1, -0.05) is 23.8 Å². The Morgan fingerprint density at radius 3 is 2.53 bits per heavy atom. The summed E-state index contributed by atoms with van der Waals surface area (Å²) in [7, 11) is 0. The first kappa shape index (κ1) is 13.9. The summed E-state index contributed by atoms with van der Waals surface area (Å²) in [6, 6.07) is 5.55. The highest BCUT2D eigenvalue weighted by Crippen LogP contribution is 2.12. The lowest BCUT2D eigenvalue weighted by molar-refractivity contribution is 0.0940. The van der Waals surface area contributed by atoms with Gasteiger partial charge in [-0.3, -0.25) is 4.79 Å². The summed E-state index contributed by atoms with van der Waals surface area (Å²) in [5.74, 6) is 0.0724. The molecule has 0 radical (unpaired) electrons. The third-order valence-electron chi connectivity index (χ3n) is 2.76. The fraction of sp³-hybridized carbons (Fsp3) is 0.500. The number of benzene rings is 1. The maximum absolute atomic E-state index is 12.1. The topological polar surface area (TPSA) is 49.3 Å². The molecule has 0 heterocycles. The van der Waals surface area contributed by atoms with Crippen molar-refractivity contribution in [2.45, 2.75) is 39.8 Å². The van der Waals surface area contributed by atoms with E-state index in [1.165, 1.54) is 0 Å².